The van der Waals surface area contributed by atoms with Gasteiger partial charge in [0.15, 0.2) is 0 Å². The second-order valence-electron chi connectivity index (χ2n) is 3.98. The Morgan fingerprint density at radius 2 is 2.16 bits per heavy atom. The zero-order valence-corrected chi connectivity index (χ0v) is 11.8. The van der Waals surface area contributed by atoms with Gasteiger partial charge in [0.2, 0.25) is 0 Å². The molecule has 0 radical (unpaired) electrons. The van der Waals surface area contributed by atoms with Gasteiger partial charge in [0.05, 0.1) is 0 Å². The van der Waals surface area contributed by atoms with Crippen molar-refractivity contribution < 1.29 is 14.4 Å². The summed E-state index contributed by atoms with van der Waals surface area (Å²) in [4.78, 5) is 10.8. The number of carbonyl (C=O) groups excluding carboxylic acids is 1. The highest BCUT2D eigenvalue weighted by Crippen LogP contribution is 2.26. The first-order valence-electron chi connectivity index (χ1n) is 5.58. The lowest BCUT2D eigenvalue weighted by molar-refractivity contribution is -0.124. The maximum absolute atomic E-state index is 10.8. The van der Waals surface area contributed by atoms with E-state index in [1.807, 2.05) is 31.2 Å². The topological polar surface area (TPSA) is 62.5 Å². The van der Waals surface area contributed by atoms with E-state index in [9.17, 15) is 4.79 Å². The molecule has 0 fully saturated rings. The van der Waals surface area contributed by atoms with Crippen molar-refractivity contribution in [1.29, 1.82) is 0 Å². The predicted octanol–water partition coefficient (Wildman–Crippen LogP) is 3.54. The normalized spacial score (nSPS) is 10.9. The van der Waals surface area contributed by atoms with Crippen LogP contribution < -0.4 is 5.48 Å². The Kier molecular flexibility index (Phi) is 4.19. The average Bonchev–Trinajstić information content (AvgIpc) is 2.88. The Balaban J connectivity index is 2.23. The van der Waals surface area contributed by atoms with Crippen LogP contribution in [0.15, 0.2) is 45.3 Å². The maximum atomic E-state index is 10.8. The van der Waals surface area contributed by atoms with Crippen molar-refractivity contribution in [2.45, 2.75) is 6.92 Å². The van der Waals surface area contributed by atoms with E-state index in [2.05, 4.69) is 15.9 Å². The highest BCUT2D eigenvalue weighted by Gasteiger charge is 2.05. The number of aryl methyl sites for hydroxylation is 1. The molecule has 0 aliphatic carbocycles. The van der Waals surface area contributed by atoms with E-state index >= 15 is 0 Å². The first kappa shape index (κ1) is 13.6. The Hall–Kier alpha value is -1.85. The molecule has 2 rings (SSSR count). The summed E-state index contributed by atoms with van der Waals surface area (Å²) in [5, 5.41) is 8.37. The Morgan fingerprint density at radius 3 is 2.84 bits per heavy atom. The zero-order chi connectivity index (χ0) is 13.8. The summed E-state index contributed by atoms with van der Waals surface area (Å²) in [5.41, 5.74) is 3.60. The molecule has 1 heterocycles. The number of nitrogens with one attached hydrogen (secondary N) is 1. The van der Waals surface area contributed by atoms with Crippen LogP contribution in [0.1, 0.15) is 11.3 Å². The lowest BCUT2D eigenvalue weighted by Gasteiger charge is -2.01. The molecule has 0 aliphatic heterocycles. The van der Waals surface area contributed by atoms with Gasteiger partial charge in [-0.15, -0.1) is 0 Å². The summed E-state index contributed by atoms with van der Waals surface area (Å²) < 4.78 is 6.64. The third-order valence-corrected chi connectivity index (χ3v) is 3.47. The number of halogens is 1. The van der Waals surface area contributed by atoms with Crippen LogP contribution in [0.3, 0.4) is 0 Å². The molecule has 0 bridgehead atoms. The minimum Gasteiger partial charge on any atom is -0.457 e. The van der Waals surface area contributed by atoms with Gasteiger partial charge in [0.1, 0.15) is 11.5 Å². The minimum atomic E-state index is -0.600. The SMILES string of the molecule is Cc1cc(-c2ccc(/C=C/C(=O)NO)o2)ccc1Br. The van der Waals surface area contributed by atoms with Crippen molar-refractivity contribution in [3.05, 3.63) is 52.2 Å². The molecule has 1 aromatic carbocycles. The van der Waals surface area contributed by atoms with Gasteiger partial charge in [0, 0.05) is 16.1 Å². The molecule has 5 heteroatoms. The van der Waals surface area contributed by atoms with Crippen LogP contribution >= 0.6 is 15.9 Å². The molecular formula is C14H12BrNO3. The van der Waals surface area contributed by atoms with Gasteiger partial charge in [-0.3, -0.25) is 10.0 Å². The van der Waals surface area contributed by atoms with Crippen LogP contribution in [0.2, 0.25) is 0 Å². The second-order valence-corrected chi connectivity index (χ2v) is 4.83. The largest absolute Gasteiger partial charge is 0.457 e. The zero-order valence-electron chi connectivity index (χ0n) is 10.2. The summed E-state index contributed by atoms with van der Waals surface area (Å²) in [6.07, 6.45) is 2.68. The van der Waals surface area contributed by atoms with Crippen molar-refractivity contribution in [2.75, 3.05) is 0 Å². The molecule has 1 amide bonds. The van der Waals surface area contributed by atoms with Gasteiger partial charge in [-0.25, -0.2) is 5.48 Å². The standard InChI is InChI=1S/C14H12BrNO3/c1-9-8-10(2-5-12(9)15)13-6-3-11(19-13)4-7-14(17)16-18/h2-8,18H,1H3,(H,16,17)/b7-4+. The third kappa shape index (κ3) is 3.33. The van der Waals surface area contributed by atoms with Gasteiger partial charge < -0.3 is 4.42 Å². The van der Waals surface area contributed by atoms with Crippen LogP contribution in [0.25, 0.3) is 17.4 Å². The molecule has 0 spiro atoms. The molecule has 1 aromatic heterocycles. The predicted molar refractivity (Wildman–Crippen MR) is 75.5 cm³/mol. The average molecular weight is 322 g/mol. The highest BCUT2D eigenvalue weighted by molar-refractivity contribution is 9.10. The number of hydrogen-bond acceptors (Lipinski definition) is 3. The third-order valence-electron chi connectivity index (χ3n) is 2.58. The first-order valence-corrected chi connectivity index (χ1v) is 6.38. The molecule has 98 valence electrons. The summed E-state index contributed by atoms with van der Waals surface area (Å²) in [6.45, 7) is 2.00. The summed E-state index contributed by atoms with van der Waals surface area (Å²) in [5.74, 6) is 0.663. The van der Waals surface area contributed by atoms with E-state index in [1.165, 1.54) is 17.6 Å². The van der Waals surface area contributed by atoms with Crippen molar-refractivity contribution >= 4 is 27.9 Å². The van der Waals surface area contributed by atoms with E-state index in [4.69, 9.17) is 9.62 Å². The molecule has 0 atom stereocenters. The van der Waals surface area contributed by atoms with Crippen LogP contribution in [-0.2, 0) is 4.79 Å². The number of amides is 1. The van der Waals surface area contributed by atoms with Crippen LogP contribution in [-0.4, -0.2) is 11.1 Å². The fourth-order valence-electron chi connectivity index (χ4n) is 1.59. The molecule has 0 aliphatic rings. The second kappa shape index (κ2) is 5.86. The number of hydrogen-bond donors (Lipinski definition) is 2. The molecule has 4 nitrogen and oxygen atoms in total. The summed E-state index contributed by atoms with van der Waals surface area (Å²) in [7, 11) is 0. The van der Waals surface area contributed by atoms with E-state index in [0.717, 1.165) is 21.4 Å². The number of carbonyl (C=O) groups is 1. The summed E-state index contributed by atoms with van der Waals surface area (Å²) in [6, 6.07) is 9.51. The lowest BCUT2D eigenvalue weighted by Crippen LogP contribution is -2.14. The van der Waals surface area contributed by atoms with Gasteiger partial charge in [-0.1, -0.05) is 22.0 Å². The van der Waals surface area contributed by atoms with Gasteiger partial charge in [0.25, 0.3) is 5.91 Å². The minimum absolute atomic E-state index is 0.541. The van der Waals surface area contributed by atoms with Crippen molar-refractivity contribution in [1.82, 2.24) is 5.48 Å². The molecule has 2 N–H and O–H groups in total. The summed E-state index contributed by atoms with van der Waals surface area (Å²) >= 11 is 3.45. The molecule has 0 saturated heterocycles. The molecule has 0 unspecified atom stereocenters. The van der Waals surface area contributed by atoms with Crippen molar-refractivity contribution in [3.8, 4) is 11.3 Å². The number of rotatable bonds is 3. The Morgan fingerprint density at radius 1 is 1.37 bits per heavy atom. The first-order chi connectivity index (χ1) is 9.10. The van der Waals surface area contributed by atoms with Crippen LogP contribution in [0.4, 0.5) is 0 Å². The van der Waals surface area contributed by atoms with Crippen molar-refractivity contribution in [3.63, 3.8) is 0 Å². The number of hydroxylamine groups is 1. The number of benzene rings is 1. The molecule has 2 aromatic rings. The number of furan rings is 1. The molecular weight excluding hydrogens is 310 g/mol. The van der Waals surface area contributed by atoms with Gasteiger partial charge >= 0.3 is 0 Å². The Bertz CT molecular complexity index is 631. The smallest absolute Gasteiger partial charge is 0.267 e. The van der Waals surface area contributed by atoms with Gasteiger partial charge in [-0.05, 0) is 42.8 Å². The van der Waals surface area contributed by atoms with Crippen LogP contribution in [0, 0.1) is 6.92 Å². The van der Waals surface area contributed by atoms with Crippen molar-refractivity contribution in [2.24, 2.45) is 0 Å². The van der Waals surface area contributed by atoms with E-state index in [0.29, 0.717) is 5.76 Å². The monoisotopic (exact) mass is 321 g/mol. The lowest BCUT2D eigenvalue weighted by atomic mass is 10.1. The van der Waals surface area contributed by atoms with E-state index in [1.54, 1.807) is 6.07 Å². The van der Waals surface area contributed by atoms with Gasteiger partial charge in [-0.2, -0.15) is 0 Å². The molecule has 19 heavy (non-hydrogen) atoms. The van der Waals surface area contributed by atoms with E-state index in [-0.39, 0.29) is 0 Å². The van der Waals surface area contributed by atoms with Crippen LogP contribution in [0.5, 0.6) is 0 Å². The fraction of sp³-hybridized carbons (Fsp3) is 0.0714. The quantitative estimate of drug-likeness (QED) is 0.516. The molecule has 0 saturated carbocycles. The Labute approximate surface area is 118 Å². The maximum Gasteiger partial charge on any atom is 0.267 e. The highest BCUT2D eigenvalue weighted by atomic mass is 79.9. The van der Waals surface area contributed by atoms with E-state index < -0.39 is 5.91 Å². The fourth-order valence-corrected chi connectivity index (χ4v) is 1.84.